The highest BCUT2D eigenvalue weighted by molar-refractivity contribution is 5.90. The van der Waals surface area contributed by atoms with Crippen molar-refractivity contribution in [2.45, 2.75) is 73.4 Å². The number of carboxylic acid groups (broad SMARTS) is 1. The van der Waals surface area contributed by atoms with Crippen molar-refractivity contribution >= 4 is 17.8 Å². The average molecular weight is 328 g/mol. The zero-order chi connectivity index (χ0) is 18.4. The normalized spacial score (nSPS) is 14.5. The Morgan fingerprint density at radius 1 is 0.957 bits per heavy atom. The van der Waals surface area contributed by atoms with Crippen LogP contribution in [-0.4, -0.2) is 35.0 Å². The van der Waals surface area contributed by atoms with Crippen LogP contribution in [0.15, 0.2) is 0 Å². The zero-order valence-corrected chi connectivity index (χ0v) is 15.4. The molecule has 0 heterocycles. The van der Waals surface area contributed by atoms with Gasteiger partial charge in [-0.25, -0.2) is 4.79 Å². The van der Waals surface area contributed by atoms with Gasteiger partial charge < -0.3 is 15.7 Å². The minimum atomic E-state index is -1.08. The van der Waals surface area contributed by atoms with E-state index >= 15 is 0 Å². The third-order valence-electron chi connectivity index (χ3n) is 3.35. The first-order valence-corrected chi connectivity index (χ1v) is 8.17. The number of rotatable bonds is 8. The second kappa shape index (κ2) is 8.89. The molecule has 6 nitrogen and oxygen atoms in total. The molecular formula is C17H32N2O4. The summed E-state index contributed by atoms with van der Waals surface area (Å²) in [7, 11) is 0. The Hall–Kier alpha value is -1.59. The minimum Gasteiger partial charge on any atom is -0.480 e. The van der Waals surface area contributed by atoms with E-state index in [0.29, 0.717) is 12.8 Å². The van der Waals surface area contributed by atoms with Crippen molar-refractivity contribution in [2.75, 3.05) is 0 Å². The van der Waals surface area contributed by atoms with Crippen molar-refractivity contribution < 1.29 is 19.5 Å². The number of amides is 2. The van der Waals surface area contributed by atoms with Crippen molar-refractivity contribution in [3.63, 3.8) is 0 Å². The molecule has 0 aliphatic rings. The van der Waals surface area contributed by atoms with E-state index in [1.165, 1.54) is 0 Å². The summed E-state index contributed by atoms with van der Waals surface area (Å²) in [5, 5.41) is 14.6. The second-order valence-corrected chi connectivity index (χ2v) is 7.99. The van der Waals surface area contributed by atoms with E-state index in [1.807, 2.05) is 27.7 Å². The lowest BCUT2D eigenvalue weighted by molar-refractivity contribution is -0.145. The number of aliphatic carboxylic acids is 1. The number of hydrogen-bond acceptors (Lipinski definition) is 3. The summed E-state index contributed by atoms with van der Waals surface area (Å²) in [5.41, 5.74) is -0.619. The zero-order valence-electron chi connectivity index (χ0n) is 15.4. The van der Waals surface area contributed by atoms with Crippen molar-refractivity contribution in [3.05, 3.63) is 0 Å². The van der Waals surface area contributed by atoms with Crippen LogP contribution in [0.25, 0.3) is 0 Å². The van der Waals surface area contributed by atoms with E-state index in [0.717, 1.165) is 0 Å². The number of nitrogens with one attached hydrogen (secondary N) is 2. The predicted molar refractivity (Wildman–Crippen MR) is 89.9 cm³/mol. The van der Waals surface area contributed by atoms with Gasteiger partial charge in [-0.15, -0.1) is 0 Å². The van der Waals surface area contributed by atoms with Crippen molar-refractivity contribution in [3.8, 4) is 0 Å². The van der Waals surface area contributed by atoms with Crippen molar-refractivity contribution in [2.24, 2.45) is 17.3 Å². The maximum atomic E-state index is 12.5. The molecule has 0 aromatic heterocycles. The fourth-order valence-corrected chi connectivity index (χ4v) is 2.22. The topological polar surface area (TPSA) is 95.5 Å². The van der Waals surface area contributed by atoms with Gasteiger partial charge in [-0.2, -0.15) is 0 Å². The number of carbonyl (C=O) groups excluding carboxylic acids is 2. The van der Waals surface area contributed by atoms with Crippen LogP contribution < -0.4 is 10.6 Å². The molecule has 0 saturated heterocycles. The molecule has 0 saturated carbocycles. The van der Waals surface area contributed by atoms with E-state index in [2.05, 4.69) is 10.6 Å². The van der Waals surface area contributed by atoms with Gasteiger partial charge in [-0.3, -0.25) is 9.59 Å². The predicted octanol–water partition coefficient (Wildman–Crippen LogP) is 2.18. The molecule has 6 heteroatoms. The Morgan fingerprint density at radius 3 is 1.83 bits per heavy atom. The van der Waals surface area contributed by atoms with E-state index in [4.69, 9.17) is 0 Å². The Morgan fingerprint density at radius 2 is 1.48 bits per heavy atom. The van der Waals surface area contributed by atoms with Crippen LogP contribution in [0.3, 0.4) is 0 Å². The molecule has 2 amide bonds. The maximum absolute atomic E-state index is 12.5. The van der Waals surface area contributed by atoms with E-state index in [-0.39, 0.29) is 17.7 Å². The summed E-state index contributed by atoms with van der Waals surface area (Å²) in [5.74, 6) is -1.33. The van der Waals surface area contributed by atoms with Crippen LogP contribution in [-0.2, 0) is 14.4 Å². The van der Waals surface area contributed by atoms with Gasteiger partial charge in [0.15, 0.2) is 0 Å². The number of carboxylic acids is 1. The number of carbonyl (C=O) groups is 3. The van der Waals surface area contributed by atoms with Gasteiger partial charge in [-0.05, 0) is 23.7 Å². The molecule has 0 aromatic carbocycles. The van der Waals surface area contributed by atoms with Crippen molar-refractivity contribution in [1.82, 2.24) is 10.6 Å². The van der Waals surface area contributed by atoms with Gasteiger partial charge in [0.25, 0.3) is 0 Å². The van der Waals surface area contributed by atoms with E-state index < -0.39 is 29.4 Å². The molecule has 3 N–H and O–H groups in total. The second-order valence-electron chi connectivity index (χ2n) is 7.99. The highest BCUT2D eigenvalue weighted by Crippen LogP contribution is 2.20. The van der Waals surface area contributed by atoms with Crippen LogP contribution in [0.2, 0.25) is 0 Å². The Kier molecular flexibility index (Phi) is 8.28. The molecule has 0 aliphatic carbocycles. The summed E-state index contributed by atoms with van der Waals surface area (Å²) >= 11 is 0. The molecule has 0 radical (unpaired) electrons. The van der Waals surface area contributed by atoms with Gasteiger partial charge in [0.1, 0.15) is 12.1 Å². The lowest BCUT2D eigenvalue weighted by Gasteiger charge is -2.30. The molecular weight excluding hydrogens is 296 g/mol. The van der Waals surface area contributed by atoms with Gasteiger partial charge in [0.2, 0.25) is 11.8 Å². The van der Waals surface area contributed by atoms with Crippen molar-refractivity contribution in [1.29, 1.82) is 0 Å². The molecule has 23 heavy (non-hydrogen) atoms. The molecule has 0 aromatic rings. The van der Waals surface area contributed by atoms with E-state index in [1.54, 1.807) is 20.8 Å². The summed E-state index contributed by atoms with van der Waals surface area (Å²) in [4.78, 5) is 35.8. The Labute approximate surface area is 139 Å². The third kappa shape index (κ3) is 8.57. The molecule has 0 rings (SSSR count). The fourth-order valence-electron chi connectivity index (χ4n) is 2.22. The molecule has 0 fully saturated rings. The van der Waals surface area contributed by atoms with Crippen LogP contribution in [0, 0.1) is 17.3 Å². The Bertz CT molecular complexity index is 425. The van der Waals surface area contributed by atoms with Gasteiger partial charge in [0.05, 0.1) is 0 Å². The first-order valence-electron chi connectivity index (χ1n) is 8.17. The highest BCUT2D eigenvalue weighted by atomic mass is 16.4. The molecule has 2 unspecified atom stereocenters. The van der Waals surface area contributed by atoms with Crippen LogP contribution in [0.1, 0.15) is 61.3 Å². The lowest BCUT2D eigenvalue weighted by Crippen LogP contribution is -2.55. The summed E-state index contributed by atoms with van der Waals surface area (Å²) < 4.78 is 0. The Balaban J connectivity index is 5.06. The summed E-state index contributed by atoms with van der Waals surface area (Å²) in [6.45, 7) is 13.0. The molecule has 0 aliphatic heterocycles. The molecule has 2 atom stereocenters. The lowest BCUT2D eigenvalue weighted by atomic mass is 9.86. The smallest absolute Gasteiger partial charge is 0.326 e. The van der Waals surface area contributed by atoms with Gasteiger partial charge in [0, 0.05) is 6.42 Å². The minimum absolute atomic E-state index is 0.191. The summed E-state index contributed by atoms with van der Waals surface area (Å²) in [6, 6.07) is -1.72. The van der Waals surface area contributed by atoms with Gasteiger partial charge >= 0.3 is 5.97 Å². The fraction of sp³-hybridized carbons (Fsp3) is 0.824. The largest absolute Gasteiger partial charge is 0.480 e. The quantitative estimate of drug-likeness (QED) is 0.636. The number of hydrogen-bond donors (Lipinski definition) is 3. The van der Waals surface area contributed by atoms with Gasteiger partial charge in [-0.1, -0.05) is 48.5 Å². The maximum Gasteiger partial charge on any atom is 0.326 e. The first kappa shape index (κ1) is 21.4. The first-order chi connectivity index (χ1) is 10.3. The third-order valence-corrected chi connectivity index (χ3v) is 3.35. The van der Waals surface area contributed by atoms with Crippen LogP contribution >= 0.6 is 0 Å². The summed E-state index contributed by atoms with van der Waals surface area (Å²) in [6.07, 6.45) is 0.801. The SMILES string of the molecule is CC(C)CC(=O)NC(CC(C)C)C(=O)NC(C(=O)O)C(C)(C)C. The molecule has 0 spiro atoms. The average Bonchev–Trinajstić information content (AvgIpc) is 2.31. The van der Waals surface area contributed by atoms with E-state index in [9.17, 15) is 19.5 Å². The molecule has 134 valence electrons. The highest BCUT2D eigenvalue weighted by Gasteiger charge is 2.34. The van der Waals surface area contributed by atoms with Crippen LogP contribution in [0.5, 0.6) is 0 Å². The monoisotopic (exact) mass is 328 g/mol. The van der Waals surface area contributed by atoms with Crippen LogP contribution in [0.4, 0.5) is 0 Å². The molecule has 0 bridgehead atoms. The standard InChI is InChI=1S/C17H32N2O4/c1-10(2)8-12(18-13(20)9-11(3)4)15(21)19-14(16(22)23)17(5,6)7/h10-12,14H,8-9H2,1-7H3,(H,18,20)(H,19,21)(H,22,23).